The minimum Gasteiger partial charge on any atom is -0.487 e. The molecule has 1 amide bonds. The number of rotatable bonds is 5. The molecule has 1 N–H and O–H groups in total. The molecule has 0 saturated heterocycles. The van der Waals surface area contributed by atoms with Crippen molar-refractivity contribution in [3.8, 4) is 5.75 Å². The standard InChI is InChI=1S/C27H29NO2/c1-19-13-16-25-23(17-19)24(18-27(2,3)30-25)28-26(29)22-12-8-7-11-21(22)15-14-20-9-5-4-6-10-20/h4-13,16-17,24H,14-15,18H2,1-3H3,(H,28,29). The average Bonchev–Trinajstić information content (AvgIpc) is 2.73. The molecule has 4 rings (SSSR count). The van der Waals surface area contributed by atoms with E-state index >= 15 is 0 Å². The zero-order valence-corrected chi connectivity index (χ0v) is 17.9. The highest BCUT2D eigenvalue weighted by molar-refractivity contribution is 5.96. The molecule has 30 heavy (non-hydrogen) atoms. The Morgan fingerprint density at radius 1 is 1.00 bits per heavy atom. The first-order valence-corrected chi connectivity index (χ1v) is 10.6. The molecular weight excluding hydrogens is 370 g/mol. The lowest BCUT2D eigenvalue weighted by Crippen LogP contribution is -2.41. The summed E-state index contributed by atoms with van der Waals surface area (Å²) in [4.78, 5) is 13.3. The van der Waals surface area contributed by atoms with E-state index in [1.165, 1.54) is 11.1 Å². The number of ether oxygens (including phenoxy) is 1. The van der Waals surface area contributed by atoms with Crippen LogP contribution in [0, 0.1) is 6.92 Å². The zero-order chi connectivity index (χ0) is 21.1. The third kappa shape index (κ3) is 4.56. The number of hydrogen-bond acceptors (Lipinski definition) is 2. The van der Waals surface area contributed by atoms with E-state index in [2.05, 4.69) is 68.6 Å². The molecule has 0 fully saturated rings. The van der Waals surface area contributed by atoms with Gasteiger partial charge in [-0.1, -0.05) is 66.2 Å². The van der Waals surface area contributed by atoms with Crippen molar-refractivity contribution in [3.05, 3.63) is 101 Å². The predicted molar refractivity (Wildman–Crippen MR) is 121 cm³/mol. The summed E-state index contributed by atoms with van der Waals surface area (Å²) in [6.07, 6.45) is 2.49. The number of fused-ring (bicyclic) bond motifs is 1. The van der Waals surface area contributed by atoms with Crippen molar-refractivity contribution in [2.75, 3.05) is 0 Å². The fraction of sp³-hybridized carbons (Fsp3) is 0.296. The number of carbonyl (C=O) groups excluding carboxylic acids is 1. The Bertz CT molecular complexity index is 1040. The smallest absolute Gasteiger partial charge is 0.252 e. The summed E-state index contributed by atoms with van der Waals surface area (Å²) in [5, 5.41) is 3.29. The first-order chi connectivity index (χ1) is 14.4. The predicted octanol–water partition coefficient (Wildman–Crippen LogP) is 5.81. The van der Waals surface area contributed by atoms with Crippen LogP contribution in [0.2, 0.25) is 0 Å². The van der Waals surface area contributed by atoms with Gasteiger partial charge >= 0.3 is 0 Å². The molecule has 3 aromatic carbocycles. The number of hydrogen-bond donors (Lipinski definition) is 1. The number of benzene rings is 3. The Morgan fingerprint density at radius 2 is 1.73 bits per heavy atom. The van der Waals surface area contributed by atoms with Gasteiger partial charge in [-0.25, -0.2) is 0 Å². The van der Waals surface area contributed by atoms with E-state index in [4.69, 9.17) is 4.74 Å². The monoisotopic (exact) mass is 399 g/mol. The Balaban J connectivity index is 1.55. The Labute approximate surface area is 179 Å². The van der Waals surface area contributed by atoms with Crippen LogP contribution >= 0.6 is 0 Å². The van der Waals surface area contributed by atoms with Gasteiger partial charge in [-0.05, 0) is 56.9 Å². The normalized spacial score (nSPS) is 17.0. The van der Waals surface area contributed by atoms with Crippen LogP contribution in [-0.2, 0) is 12.8 Å². The van der Waals surface area contributed by atoms with E-state index < -0.39 is 0 Å². The van der Waals surface area contributed by atoms with Crippen molar-refractivity contribution in [2.24, 2.45) is 0 Å². The molecule has 1 heterocycles. The van der Waals surface area contributed by atoms with Crippen molar-refractivity contribution in [2.45, 2.75) is 51.7 Å². The lowest BCUT2D eigenvalue weighted by atomic mass is 9.88. The van der Waals surface area contributed by atoms with Gasteiger partial charge in [-0.15, -0.1) is 0 Å². The second-order valence-corrected chi connectivity index (χ2v) is 8.78. The molecule has 1 aliphatic rings. The van der Waals surface area contributed by atoms with Gasteiger partial charge in [0, 0.05) is 17.5 Å². The van der Waals surface area contributed by atoms with Gasteiger partial charge in [0.1, 0.15) is 11.4 Å². The van der Waals surface area contributed by atoms with E-state index in [1.54, 1.807) is 0 Å². The van der Waals surface area contributed by atoms with Crippen molar-refractivity contribution in [3.63, 3.8) is 0 Å². The summed E-state index contributed by atoms with van der Waals surface area (Å²) < 4.78 is 6.15. The minimum atomic E-state index is -0.326. The molecule has 0 aliphatic carbocycles. The van der Waals surface area contributed by atoms with Gasteiger partial charge in [0.2, 0.25) is 0 Å². The maximum absolute atomic E-state index is 13.3. The summed E-state index contributed by atoms with van der Waals surface area (Å²) in [5.41, 5.74) is 5.02. The largest absolute Gasteiger partial charge is 0.487 e. The van der Waals surface area contributed by atoms with Crippen molar-refractivity contribution in [1.82, 2.24) is 5.32 Å². The number of amides is 1. The molecular formula is C27H29NO2. The molecule has 1 atom stereocenters. The van der Waals surface area contributed by atoms with E-state index in [1.807, 2.05) is 30.3 Å². The summed E-state index contributed by atoms with van der Waals surface area (Å²) in [6.45, 7) is 6.21. The summed E-state index contributed by atoms with van der Waals surface area (Å²) in [5.74, 6) is 0.841. The van der Waals surface area contributed by atoms with Gasteiger partial charge in [0.15, 0.2) is 0 Å². The molecule has 0 saturated carbocycles. The van der Waals surface area contributed by atoms with Crippen LogP contribution < -0.4 is 10.1 Å². The molecule has 3 nitrogen and oxygen atoms in total. The molecule has 0 aromatic heterocycles. The molecule has 3 aromatic rings. The van der Waals surface area contributed by atoms with Crippen molar-refractivity contribution < 1.29 is 9.53 Å². The van der Waals surface area contributed by atoms with Gasteiger partial charge in [0.05, 0.1) is 6.04 Å². The molecule has 3 heteroatoms. The number of nitrogens with one attached hydrogen (secondary N) is 1. The highest BCUT2D eigenvalue weighted by Gasteiger charge is 2.34. The number of carbonyl (C=O) groups is 1. The van der Waals surface area contributed by atoms with Crippen LogP contribution in [0.5, 0.6) is 5.75 Å². The lowest BCUT2D eigenvalue weighted by molar-refractivity contribution is 0.0619. The van der Waals surface area contributed by atoms with Gasteiger partial charge in [-0.2, -0.15) is 0 Å². The maximum Gasteiger partial charge on any atom is 0.252 e. The van der Waals surface area contributed by atoms with Crippen LogP contribution in [0.1, 0.15) is 58.9 Å². The Kier molecular flexibility index (Phi) is 5.63. The van der Waals surface area contributed by atoms with Crippen LogP contribution in [0.3, 0.4) is 0 Å². The zero-order valence-electron chi connectivity index (χ0n) is 17.9. The average molecular weight is 400 g/mol. The van der Waals surface area contributed by atoms with E-state index in [9.17, 15) is 4.79 Å². The minimum absolute atomic E-state index is 0.0196. The highest BCUT2D eigenvalue weighted by atomic mass is 16.5. The number of aryl methyl sites for hydroxylation is 3. The van der Waals surface area contributed by atoms with E-state index in [0.717, 1.165) is 41.7 Å². The Hall–Kier alpha value is -3.07. The lowest BCUT2D eigenvalue weighted by Gasteiger charge is -2.38. The van der Waals surface area contributed by atoms with Crippen molar-refractivity contribution in [1.29, 1.82) is 0 Å². The van der Waals surface area contributed by atoms with Crippen molar-refractivity contribution >= 4 is 5.91 Å². The molecule has 1 aliphatic heterocycles. The van der Waals surface area contributed by atoms with Crippen LogP contribution in [0.4, 0.5) is 0 Å². The summed E-state index contributed by atoms with van der Waals surface area (Å²) >= 11 is 0. The second kappa shape index (κ2) is 8.35. The Morgan fingerprint density at radius 3 is 2.53 bits per heavy atom. The topological polar surface area (TPSA) is 38.3 Å². The molecule has 0 radical (unpaired) electrons. The highest BCUT2D eigenvalue weighted by Crippen LogP contribution is 2.40. The van der Waals surface area contributed by atoms with Crippen LogP contribution in [-0.4, -0.2) is 11.5 Å². The third-order valence-electron chi connectivity index (χ3n) is 5.72. The van der Waals surface area contributed by atoms with Gasteiger partial charge in [0.25, 0.3) is 5.91 Å². The van der Waals surface area contributed by atoms with Gasteiger partial charge < -0.3 is 10.1 Å². The van der Waals surface area contributed by atoms with Crippen LogP contribution in [0.15, 0.2) is 72.8 Å². The summed E-state index contributed by atoms with van der Waals surface area (Å²) in [7, 11) is 0. The first kappa shape index (κ1) is 20.2. The first-order valence-electron chi connectivity index (χ1n) is 10.6. The van der Waals surface area contributed by atoms with E-state index in [0.29, 0.717) is 0 Å². The SMILES string of the molecule is Cc1ccc2c(c1)C(NC(=O)c1ccccc1CCc1ccccc1)CC(C)(C)O2. The fourth-order valence-electron chi connectivity index (χ4n) is 4.22. The quantitative estimate of drug-likeness (QED) is 0.588. The van der Waals surface area contributed by atoms with E-state index in [-0.39, 0.29) is 17.6 Å². The molecule has 0 spiro atoms. The van der Waals surface area contributed by atoms with Crippen LogP contribution in [0.25, 0.3) is 0 Å². The van der Waals surface area contributed by atoms with Gasteiger partial charge in [-0.3, -0.25) is 4.79 Å². The molecule has 154 valence electrons. The third-order valence-corrected chi connectivity index (χ3v) is 5.72. The second-order valence-electron chi connectivity index (χ2n) is 8.78. The summed E-state index contributed by atoms with van der Waals surface area (Å²) in [6, 6.07) is 24.5. The molecule has 1 unspecified atom stereocenters. The maximum atomic E-state index is 13.3. The fourth-order valence-corrected chi connectivity index (χ4v) is 4.22. The molecule has 0 bridgehead atoms.